The second kappa shape index (κ2) is 8.05. The van der Waals surface area contributed by atoms with E-state index < -0.39 is 18.1 Å². The molecule has 15 heavy (non-hydrogen) atoms. The van der Waals surface area contributed by atoms with Crippen molar-refractivity contribution in [3.63, 3.8) is 0 Å². The van der Waals surface area contributed by atoms with Crippen LogP contribution in [0.15, 0.2) is 0 Å². The van der Waals surface area contributed by atoms with Crippen molar-refractivity contribution in [1.82, 2.24) is 5.32 Å². The minimum absolute atomic E-state index is 0.343. The van der Waals surface area contributed by atoms with E-state index in [-0.39, 0.29) is 0 Å². The highest BCUT2D eigenvalue weighted by Gasteiger charge is 2.10. The fraction of sp³-hybridized carbons (Fsp3) is 0.778. The lowest BCUT2D eigenvalue weighted by Crippen LogP contribution is -2.30. The topological polar surface area (TPSA) is 102 Å². The third kappa shape index (κ3) is 7.75. The fourth-order valence-corrected chi connectivity index (χ4v) is 0.985. The molecule has 0 aromatic heterocycles. The smallest absolute Gasteiger partial charge is 0.407 e. The van der Waals surface area contributed by atoms with Gasteiger partial charge in [0.05, 0.1) is 6.61 Å². The van der Waals surface area contributed by atoms with Crippen LogP contribution in [0.5, 0.6) is 0 Å². The van der Waals surface area contributed by atoms with E-state index in [0.717, 1.165) is 0 Å². The molecule has 0 saturated heterocycles. The lowest BCUT2D eigenvalue weighted by molar-refractivity contribution is -0.138. The quantitative estimate of drug-likeness (QED) is 0.534. The van der Waals surface area contributed by atoms with Crippen molar-refractivity contribution in [2.45, 2.75) is 32.2 Å². The van der Waals surface area contributed by atoms with Gasteiger partial charge in [-0.1, -0.05) is 0 Å². The third-order valence-corrected chi connectivity index (χ3v) is 1.80. The van der Waals surface area contributed by atoms with Gasteiger partial charge in [0.15, 0.2) is 0 Å². The summed E-state index contributed by atoms with van der Waals surface area (Å²) in [6, 6.07) is -0.812. The molecule has 0 spiro atoms. The molecule has 0 radical (unpaired) electrons. The Kier molecular flexibility index (Phi) is 7.35. The van der Waals surface area contributed by atoms with E-state index in [0.29, 0.717) is 32.4 Å². The zero-order valence-electron chi connectivity index (χ0n) is 8.86. The summed E-state index contributed by atoms with van der Waals surface area (Å²) in [7, 11) is 0. The first-order valence-electron chi connectivity index (χ1n) is 4.97. The van der Waals surface area contributed by atoms with Crippen LogP contribution < -0.4 is 11.1 Å². The number of nitrogens with two attached hydrogens (primary N) is 1. The van der Waals surface area contributed by atoms with E-state index in [1.807, 2.05) is 0 Å². The van der Waals surface area contributed by atoms with Crippen molar-refractivity contribution in [2.24, 2.45) is 5.73 Å². The summed E-state index contributed by atoms with van der Waals surface area (Å²) in [4.78, 5) is 21.1. The van der Waals surface area contributed by atoms with Crippen molar-refractivity contribution in [3.8, 4) is 0 Å². The minimum atomic E-state index is -0.992. The number of unbranched alkanes of at least 4 members (excludes halogenated alkanes) is 1. The number of carbonyl (C=O) groups excluding carboxylic acids is 1. The molecule has 6 heteroatoms. The first kappa shape index (κ1) is 13.7. The summed E-state index contributed by atoms with van der Waals surface area (Å²) in [5.74, 6) is -0.992. The van der Waals surface area contributed by atoms with Crippen LogP contribution in [0.1, 0.15) is 26.2 Å². The van der Waals surface area contributed by atoms with Crippen molar-refractivity contribution < 1.29 is 19.4 Å². The first-order valence-corrected chi connectivity index (χ1v) is 4.97. The third-order valence-electron chi connectivity index (χ3n) is 1.80. The molecule has 0 fully saturated rings. The van der Waals surface area contributed by atoms with E-state index in [4.69, 9.17) is 10.8 Å². The molecule has 0 heterocycles. The number of aliphatic carboxylic acids is 1. The highest BCUT2D eigenvalue weighted by Crippen LogP contribution is 1.98. The molecule has 4 N–H and O–H groups in total. The average molecular weight is 218 g/mol. The second-order valence-corrected chi connectivity index (χ2v) is 3.09. The van der Waals surface area contributed by atoms with Gasteiger partial charge < -0.3 is 20.9 Å². The second-order valence-electron chi connectivity index (χ2n) is 3.09. The summed E-state index contributed by atoms with van der Waals surface area (Å²) in [5, 5.41) is 11.0. The van der Waals surface area contributed by atoms with Crippen molar-refractivity contribution in [1.29, 1.82) is 0 Å². The average Bonchev–Trinajstić information content (AvgIpc) is 2.17. The highest BCUT2D eigenvalue weighted by atomic mass is 16.5. The van der Waals surface area contributed by atoms with E-state index in [1.54, 1.807) is 6.92 Å². The highest BCUT2D eigenvalue weighted by molar-refractivity contribution is 5.72. The summed E-state index contributed by atoms with van der Waals surface area (Å²) in [6.07, 6.45) is 1.33. The van der Waals surface area contributed by atoms with Gasteiger partial charge in [0.2, 0.25) is 0 Å². The first-order chi connectivity index (χ1) is 7.07. The molecule has 88 valence electrons. The molecule has 1 atom stereocenters. The van der Waals surface area contributed by atoms with Gasteiger partial charge in [0.1, 0.15) is 6.04 Å². The van der Waals surface area contributed by atoms with Gasteiger partial charge in [0.25, 0.3) is 0 Å². The van der Waals surface area contributed by atoms with Crippen LogP contribution in [-0.4, -0.2) is 36.4 Å². The minimum Gasteiger partial charge on any atom is -0.480 e. The predicted molar refractivity (Wildman–Crippen MR) is 54.5 cm³/mol. The number of carbonyl (C=O) groups is 2. The lowest BCUT2D eigenvalue weighted by atomic mass is 10.1. The van der Waals surface area contributed by atoms with Crippen LogP contribution in [0.25, 0.3) is 0 Å². The Morgan fingerprint density at radius 2 is 2.13 bits per heavy atom. The van der Waals surface area contributed by atoms with Crippen LogP contribution in [0.3, 0.4) is 0 Å². The Balaban J connectivity index is 3.32. The number of hydrogen-bond donors (Lipinski definition) is 3. The number of carboxylic acid groups (broad SMARTS) is 1. The number of carboxylic acids is 1. The van der Waals surface area contributed by atoms with Gasteiger partial charge >= 0.3 is 12.1 Å². The van der Waals surface area contributed by atoms with Gasteiger partial charge in [-0.05, 0) is 26.2 Å². The van der Waals surface area contributed by atoms with Gasteiger partial charge in [-0.15, -0.1) is 0 Å². The SMILES string of the molecule is CCOC(=O)NCCCCC(N)C(=O)O. The number of nitrogens with one attached hydrogen (secondary N) is 1. The summed E-state index contributed by atoms with van der Waals surface area (Å²) < 4.78 is 4.64. The normalized spacial score (nSPS) is 11.9. The maximum absolute atomic E-state index is 10.8. The lowest BCUT2D eigenvalue weighted by Gasteiger charge is -2.06. The number of amides is 1. The molecule has 0 bridgehead atoms. The number of ether oxygens (including phenoxy) is 1. The number of hydrogen-bond acceptors (Lipinski definition) is 4. The molecule has 0 aliphatic rings. The molecule has 0 rings (SSSR count). The standard InChI is InChI=1S/C9H18N2O4/c1-2-15-9(14)11-6-4-3-5-7(10)8(12)13/h7H,2-6,10H2,1H3,(H,11,14)(H,12,13). The van der Waals surface area contributed by atoms with Gasteiger partial charge in [0, 0.05) is 6.54 Å². The summed E-state index contributed by atoms with van der Waals surface area (Å²) in [6.45, 7) is 2.55. The van der Waals surface area contributed by atoms with Crippen molar-refractivity contribution >= 4 is 12.1 Å². The zero-order chi connectivity index (χ0) is 11.7. The van der Waals surface area contributed by atoms with E-state index in [2.05, 4.69) is 10.1 Å². The maximum Gasteiger partial charge on any atom is 0.407 e. The van der Waals surface area contributed by atoms with Gasteiger partial charge in [-0.25, -0.2) is 4.79 Å². The Hall–Kier alpha value is -1.30. The molecule has 0 saturated carbocycles. The van der Waals surface area contributed by atoms with Crippen LogP contribution in [0, 0.1) is 0 Å². The molecule has 6 nitrogen and oxygen atoms in total. The Labute approximate surface area is 88.8 Å². The summed E-state index contributed by atoms with van der Waals surface area (Å²) in [5.41, 5.74) is 5.29. The Morgan fingerprint density at radius 1 is 1.47 bits per heavy atom. The molecular weight excluding hydrogens is 200 g/mol. The van der Waals surface area contributed by atoms with Crippen molar-refractivity contribution in [2.75, 3.05) is 13.2 Å². The van der Waals surface area contributed by atoms with E-state index in [9.17, 15) is 9.59 Å². The largest absolute Gasteiger partial charge is 0.480 e. The van der Waals surface area contributed by atoms with Crippen LogP contribution in [-0.2, 0) is 9.53 Å². The predicted octanol–water partition coefficient (Wildman–Crippen LogP) is 0.315. The van der Waals surface area contributed by atoms with Crippen LogP contribution >= 0.6 is 0 Å². The molecular formula is C9H18N2O4. The number of rotatable bonds is 7. The molecule has 1 amide bonds. The molecule has 1 unspecified atom stereocenters. The molecule has 0 aliphatic heterocycles. The van der Waals surface area contributed by atoms with E-state index >= 15 is 0 Å². The fourth-order valence-electron chi connectivity index (χ4n) is 0.985. The molecule has 0 aromatic rings. The Morgan fingerprint density at radius 3 is 2.67 bits per heavy atom. The number of alkyl carbamates (subject to hydrolysis) is 1. The van der Waals surface area contributed by atoms with Crippen LogP contribution in [0.4, 0.5) is 4.79 Å². The van der Waals surface area contributed by atoms with Crippen molar-refractivity contribution in [3.05, 3.63) is 0 Å². The van der Waals surface area contributed by atoms with Crippen LogP contribution in [0.2, 0.25) is 0 Å². The maximum atomic E-state index is 10.8. The molecule has 0 aliphatic carbocycles. The van der Waals surface area contributed by atoms with Gasteiger partial charge in [-0.2, -0.15) is 0 Å². The van der Waals surface area contributed by atoms with E-state index in [1.165, 1.54) is 0 Å². The monoisotopic (exact) mass is 218 g/mol. The summed E-state index contributed by atoms with van der Waals surface area (Å²) >= 11 is 0. The van der Waals surface area contributed by atoms with Gasteiger partial charge in [-0.3, -0.25) is 4.79 Å². The zero-order valence-corrected chi connectivity index (χ0v) is 8.86. The Bertz CT molecular complexity index is 208. The molecule has 0 aromatic carbocycles.